The predicted octanol–water partition coefficient (Wildman–Crippen LogP) is 4.57. The molecule has 5 heteroatoms. The average molecular weight is 338 g/mol. The molecule has 0 aliphatic carbocycles. The van der Waals surface area contributed by atoms with Crippen LogP contribution in [0.1, 0.15) is 25.0 Å². The molecule has 0 atom stereocenters. The maximum atomic E-state index is 13.1. The minimum atomic E-state index is -0.360. The summed E-state index contributed by atoms with van der Waals surface area (Å²) in [6.45, 7) is 6.49. The third kappa shape index (κ3) is 5.12. The first-order valence-corrected chi connectivity index (χ1v) is 8.05. The van der Waals surface area contributed by atoms with Gasteiger partial charge in [-0.05, 0) is 43.3 Å². The highest BCUT2D eigenvalue weighted by Gasteiger charge is 2.09. The molecular weight excluding hydrogens is 317 g/mol. The summed E-state index contributed by atoms with van der Waals surface area (Å²) < 4.78 is 24.5. The minimum Gasteiger partial charge on any atom is -0.490 e. The fourth-order valence-corrected chi connectivity index (χ4v) is 2.34. The molecule has 0 heterocycles. The first-order chi connectivity index (χ1) is 11.1. The van der Waals surface area contributed by atoms with E-state index >= 15 is 0 Å². The van der Waals surface area contributed by atoms with Gasteiger partial charge in [0.1, 0.15) is 12.4 Å². The van der Waals surface area contributed by atoms with Crippen LogP contribution in [0.25, 0.3) is 0 Å². The van der Waals surface area contributed by atoms with Gasteiger partial charge in [0.25, 0.3) is 0 Å². The SMILES string of the molecule is CCNCc1ccc(OCc2ccc(F)cc2Cl)c(OCC)c1. The van der Waals surface area contributed by atoms with Gasteiger partial charge in [-0.1, -0.05) is 30.7 Å². The lowest BCUT2D eigenvalue weighted by molar-refractivity contribution is 0.269. The molecule has 0 amide bonds. The van der Waals surface area contributed by atoms with E-state index in [9.17, 15) is 4.39 Å². The number of halogens is 2. The van der Waals surface area contributed by atoms with Crippen molar-refractivity contribution in [1.29, 1.82) is 0 Å². The first-order valence-electron chi connectivity index (χ1n) is 7.67. The van der Waals surface area contributed by atoms with Gasteiger partial charge >= 0.3 is 0 Å². The largest absolute Gasteiger partial charge is 0.490 e. The maximum absolute atomic E-state index is 13.1. The van der Waals surface area contributed by atoms with Crippen molar-refractivity contribution in [2.24, 2.45) is 0 Å². The van der Waals surface area contributed by atoms with Crippen molar-refractivity contribution in [2.45, 2.75) is 27.0 Å². The number of nitrogens with one attached hydrogen (secondary N) is 1. The number of rotatable bonds is 8. The normalized spacial score (nSPS) is 10.6. The molecule has 1 N–H and O–H groups in total. The van der Waals surface area contributed by atoms with E-state index in [0.29, 0.717) is 23.1 Å². The Morgan fingerprint density at radius 1 is 1.04 bits per heavy atom. The summed E-state index contributed by atoms with van der Waals surface area (Å²) >= 11 is 6.02. The molecule has 0 spiro atoms. The van der Waals surface area contributed by atoms with Crippen LogP contribution in [0.5, 0.6) is 11.5 Å². The monoisotopic (exact) mass is 337 g/mol. The molecule has 0 bridgehead atoms. The third-order valence-corrected chi connectivity index (χ3v) is 3.64. The van der Waals surface area contributed by atoms with Crippen LogP contribution >= 0.6 is 11.6 Å². The Balaban J connectivity index is 2.11. The van der Waals surface area contributed by atoms with Gasteiger partial charge in [-0.2, -0.15) is 0 Å². The van der Waals surface area contributed by atoms with Crippen LogP contribution in [0.4, 0.5) is 4.39 Å². The Labute approximate surface area is 141 Å². The first kappa shape index (κ1) is 17.6. The Bertz CT molecular complexity index is 649. The Morgan fingerprint density at radius 3 is 2.57 bits per heavy atom. The quantitative estimate of drug-likeness (QED) is 0.765. The number of hydrogen-bond donors (Lipinski definition) is 1. The minimum absolute atomic E-state index is 0.256. The topological polar surface area (TPSA) is 30.5 Å². The van der Waals surface area contributed by atoms with Gasteiger partial charge in [-0.25, -0.2) is 4.39 Å². The molecule has 0 fully saturated rings. The Hall–Kier alpha value is -1.78. The van der Waals surface area contributed by atoms with Crippen molar-refractivity contribution in [3.63, 3.8) is 0 Å². The lowest BCUT2D eigenvalue weighted by atomic mass is 10.2. The van der Waals surface area contributed by atoms with Gasteiger partial charge in [0.05, 0.1) is 11.6 Å². The van der Waals surface area contributed by atoms with Gasteiger partial charge in [0, 0.05) is 12.1 Å². The lowest BCUT2D eigenvalue weighted by Gasteiger charge is -2.14. The second-order valence-electron chi connectivity index (χ2n) is 5.02. The zero-order chi connectivity index (χ0) is 16.7. The van der Waals surface area contributed by atoms with Crippen LogP contribution in [0, 0.1) is 5.82 Å². The number of benzene rings is 2. The molecule has 2 aromatic rings. The summed E-state index contributed by atoms with van der Waals surface area (Å²) in [5.74, 6) is 0.982. The summed E-state index contributed by atoms with van der Waals surface area (Å²) in [4.78, 5) is 0. The van der Waals surface area contributed by atoms with E-state index in [1.54, 1.807) is 6.07 Å². The molecule has 0 unspecified atom stereocenters. The summed E-state index contributed by atoms with van der Waals surface area (Å²) in [6.07, 6.45) is 0. The second-order valence-corrected chi connectivity index (χ2v) is 5.43. The van der Waals surface area contributed by atoms with Crippen molar-refractivity contribution in [3.8, 4) is 11.5 Å². The molecule has 2 rings (SSSR count). The van der Waals surface area contributed by atoms with E-state index < -0.39 is 0 Å². The van der Waals surface area contributed by atoms with Gasteiger partial charge in [0.2, 0.25) is 0 Å². The van der Waals surface area contributed by atoms with Gasteiger partial charge < -0.3 is 14.8 Å². The Morgan fingerprint density at radius 2 is 1.87 bits per heavy atom. The Kier molecular flexibility index (Phi) is 6.68. The van der Waals surface area contributed by atoms with Crippen LogP contribution in [0.2, 0.25) is 5.02 Å². The summed E-state index contributed by atoms with van der Waals surface area (Å²) in [7, 11) is 0. The molecule has 124 valence electrons. The van der Waals surface area contributed by atoms with Crippen molar-refractivity contribution < 1.29 is 13.9 Å². The van der Waals surface area contributed by atoms with Crippen LogP contribution < -0.4 is 14.8 Å². The molecular formula is C18H21ClFNO2. The smallest absolute Gasteiger partial charge is 0.161 e. The average Bonchev–Trinajstić information content (AvgIpc) is 2.53. The van der Waals surface area contributed by atoms with Crippen molar-refractivity contribution in [2.75, 3.05) is 13.2 Å². The highest BCUT2D eigenvalue weighted by molar-refractivity contribution is 6.31. The predicted molar refractivity (Wildman–Crippen MR) is 90.7 cm³/mol. The lowest BCUT2D eigenvalue weighted by Crippen LogP contribution is -2.12. The molecule has 0 radical (unpaired) electrons. The number of hydrogen-bond acceptors (Lipinski definition) is 3. The zero-order valence-corrected chi connectivity index (χ0v) is 14.1. The fourth-order valence-electron chi connectivity index (χ4n) is 2.11. The zero-order valence-electron chi connectivity index (χ0n) is 13.4. The van der Waals surface area contributed by atoms with Gasteiger partial charge in [0.15, 0.2) is 11.5 Å². The molecule has 0 aliphatic rings. The highest BCUT2D eigenvalue weighted by Crippen LogP contribution is 2.30. The molecule has 0 saturated heterocycles. The molecule has 2 aromatic carbocycles. The van der Waals surface area contributed by atoms with E-state index in [-0.39, 0.29) is 12.4 Å². The molecule has 0 aromatic heterocycles. The van der Waals surface area contributed by atoms with Gasteiger partial charge in [-0.15, -0.1) is 0 Å². The van der Waals surface area contributed by atoms with Crippen molar-refractivity contribution in [3.05, 3.63) is 58.4 Å². The van der Waals surface area contributed by atoms with Crippen LogP contribution in [0.3, 0.4) is 0 Å². The van der Waals surface area contributed by atoms with E-state index in [1.165, 1.54) is 12.1 Å². The van der Waals surface area contributed by atoms with E-state index in [2.05, 4.69) is 12.2 Å². The summed E-state index contributed by atoms with van der Waals surface area (Å²) in [5, 5.41) is 3.63. The van der Waals surface area contributed by atoms with Crippen LogP contribution in [0.15, 0.2) is 36.4 Å². The highest BCUT2D eigenvalue weighted by atomic mass is 35.5. The summed E-state index contributed by atoms with van der Waals surface area (Å²) in [5.41, 5.74) is 1.86. The van der Waals surface area contributed by atoms with Crippen LogP contribution in [-0.2, 0) is 13.2 Å². The van der Waals surface area contributed by atoms with Crippen LogP contribution in [-0.4, -0.2) is 13.2 Å². The number of ether oxygens (including phenoxy) is 2. The third-order valence-electron chi connectivity index (χ3n) is 3.29. The molecule has 0 aliphatic heterocycles. The van der Waals surface area contributed by atoms with E-state index in [0.717, 1.165) is 24.2 Å². The van der Waals surface area contributed by atoms with Crippen molar-refractivity contribution >= 4 is 11.6 Å². The molecule has 23 heavy (non-hydrogen) atoms. The van der Waals surface area contributed by atoms with E-state index in [4.69, 9.17) is 21.1 Å². The van der Waals surface area contributed by atoms with Gasteiger partial charge in [-0.3, -0.25) is 0 Å². The standard InChI is InChI=1S/C18H21ClFNO2/c1-3-21-11-13-5-8-17(18(9-13)22-4-2)23-12-14-6-7-15(20)10-16(14)19/h5-10,21H,3-4,11-12H2,1-2H3. The van der Waals surface area contributed by atoms with Crippen molar-refractivity contribution in [1.82, 2.24) is 5.32 Å². The summed E-state index contributed by atoms with van der Waals surface area (Å²) in [6, 6.07) is 10.1. The fraction of sp³-hybridized carbons (Fsp3) is 0.333. The molecule has 3 nitrogen and oxygen atoms in total. The second kappa shape index (κ2) is 8.75. The molecule has 0 saturated carbocycles. The van der Waals surface area contributed by atoms with E-state index in [1.807, 2.05) is 25.1 Å². The maximum Gasteiger partial charge on any atom is 0.161 e.